The maximum absolute atomic E-state index is 12.5. The summed E-state index contributed by atoms with van der Waals surface area (Å²) in [4.78, 5) is 36.2. The second-order valence-electron chi connectivity index (χ2n) is 14.7. The van der Waals surface area contributed by atoms with Gasteiger partial charge < -0.3 is 14.2 Å². The molecular formula is C31H48O6. The van der Waals surface area contributed by atoms with Gasteiger partial charge in [0.2, 0.25) is 0 Å². The molecule has 0 aromatic rings. The van der Waals surface area contributed by atoms with Gasteiger partial charge in [0.1, 0.15) is 18.1 Å². The molecule has 1 heterocycles. The Labute approximate surface area is 222 Å². The minimum absolute atomic E-state index is 0.0182. The third-order valence-electron chi connectivity index (χ3n) is 13.1. The second kappa shape index (κ2) is 8.71. The van der Waals surface area contributed by atoms with Crippen molar-refractivity contribution in [1.29, 1.82) is 0 Å². The Kier molecular flexibility index (Phi) is 6.35. The molecule has 5 rings (SSSR count). The van der Waals surface area contributed by atoms with Crippen LogP contribution in [-0.4, -0.2) is 36.7 Å². The summed E-state index contributed by atoms with van der Waals surface area (Å²) in [6.07, 6.45) is 10.0. The summed E-state index contributed by atoms with van der Waals surface area (Å²) in [6, 6.07) is 0. The fourth-order valence-electron chi connectivity index (χ4n) is 11.0. The second-order valence-corrected chi connectivity index (χ2v) is 14.7. The van der Waals surface area contributed by atoms with E-state index in [1.165, 1.54) is 32.8 Å². The first kappa shape index (κ1) is 27.0. The molecule has 0 amide bonds. The molecule has 0 unspecified atom stereocenters. The average Bonchev–Trinajstić information content (AvgIpc) is 3.36. The van der Waals surface area contributed by atoms with Crippen LogP contribution in [0.4, 0.5) is 0 Å². The molecule has 0 aromatic carbocycles. The van der Waals surface area contributed by atoms with Gasteiger partial charge in [-0.25, -0.2) is 0 Å². The van der Waals surface area contributed by atoms with Crippen LogP contribution in [0.5, 0.6) is 0 Å². The molecule has 0 radical (unpaired) electrons. The highest BCUT2D eigenvalue weighted by Crippen LogP contribution is 2.76. The number of hydrogen-bond acceptors (Lipinski definition) is 6. The van der Waals surface area contributed by atoms with Crippen molar-refractivity contribution >= 4 is 17.9 Å². The molecule has 1 aliphatic heterocycles. The molecule has 0 bridgehead atoms. The molecule has 4 saturated carbocycles. The van der Waals surface area contributed by atoms with Crippen LogP contribution < -0.4 is 0 Å². The number of ether oxygens (including phenoxy) is 3. The maximum atomic E-state index is 12.5. The SMILES string of the molecule is COC(=O)CC(=O)O[C@H]1CC[C@]2(C)[C@H]3CC[C@@H]4[C@@H]([C@]5(C)CCC(=O)O5)CC[C@@]4(C)[C@]3(C)CC[C@H]2C1(C)C. The van der Waals surface area contributed by atoms with E-state index in [1.807, 2.05) is 0 Å². The van der Waals surface area contributed by atoms with E-state index < -0.39 is 11.9 Å². The summed E-state index contributed by atoms with van der Waals surface area (Å²) in [6.45, 7) is 14.5. The van der Waals surface area contributed by atoms with Gasteiger partial charge in [-0.2, -0.15) is 0 Å². The standard InChI is InChI=1S/C31H48O6/c1-27(2)21-11-16-30(5)22(28(21,3)14-12-23(27)36-26(34)18-25(33)35-7)9-8-19-20(10-15-29(19,30)4)31(6)17-13-24(32)37-31/h19-23H,8-18H2,1-7H3/t19-,20+,21+,22-,23+,28+,29-,30-,31+/m1/s1. The molecule has 0 aromatic heterocycles. The van der Waals surface area contributed by atoms with Gasteiger partial charge in [0, 0.05) is 17.8 Å². The van der Waals surface area contributed by atoms with Gasteiger partial charge in [0.25, 0.3) is 0 Å². The Morgan fingerprint density at radius 1 is 0.811 bits per heavy atom. The predicted octanol–water partition coefficient (Wildman–Crippen LogP) is 6.24. The first-order valence-electron chi connectivity index (χ1n) is 14.7. The van der Waals surface area contributed by atoms with Gasteiger partial charge in [-0.1, -0.05) is 34.6 Å². The van der Waals surface area contributed by atoms with Gasteiger partial charge in [0.05, 0.1) is 7.11 Å². The fourth-order valence-corrected chi connectivity index (χ4v) is 11.0. The molecule has 4 aliphatic carbocycles. The van der Waals surface area contributed by atoms with E-state index >= 15 is 0 Å². The van der Waals surface area contributed by atoms with E-state index in [-0.39, 0.29) is 45.8 Å². The third kappa shape index (κ3) is 3.81. The topological polar surface area (TPSA) is 78.9 Å². The van der Waals surface area contributed by atoms with E-state index in [9.17, 15) is 14.4 Å². The number of cyclic esters (lactones) is 1. The molecule has 5 fully saturated rings. The Balaban J connectivity index is 1.38. The molecular weight excluding hydrogens is 468 g/mol. The predicted molar refractivity (Wildman–Crippen MR) is 139 cm³/mol. The number of esters is 3. The van der Waals surface area contributed by atoms with Crippen LogP contribution in [-0.2, 0) is 28.6 Å². The summed E-state index contributed by atoms with van der Waals surface area (Å²) in [5.74, 6) is 1.13. The number of carbonyl (C=O) groups is 3. The van der Waals surface area contributed by atoms with E-state index in [2.05, 4.69) is 46.3 Å². The smallest absolute Gasteiger partial charge is 0.317 e. The molecule has 0 spiro atoms. The summed E-state index contributed by atoms with van der Waals surface area (Å²) in [5, 5.41) is 0. The van der Waals surface area contributed by atoms with Crippen molar-refractivity contribution in [1.82, 2.24) is 0 Å². The highest BCUT2D eigenvalue weighted by atomic mass is 16.6. The van der Waals surface area contributed by atoms with Crippen LogP contribution in [0.15, 0.2) is 0 Å². The zero-order valence-electron chi connectivity index (χ0n) is 24.1. The maximum Gasteiger partial charge on any atom is 0.317 e. The highest BCUT2D eigenvalue weighted by molar-refractivity contribution is 5.91. The molecule has 1 saturated heterocycles. The van der Waals surface area contributed by atoms with Crippen molar-refractivity contribution in [2.24, 2.45) is 45.3 Å². The van der Waals surface area contributed by atoms with Gasteiger partial charge >= 0.3 is 17.9 Å². The van der Waals surface area contributed by atoms with E-state index in [0.29, 0.717) is 30.1 Å². The Morgan fingerprint density at radius 3 is 2.16 bits per heavy atom. The van der Waals surface area contributed by atoms with Crippen molar-refractivity contribution in [3.63, 3.8) is 0 Å². The Hall–Kier alpha value is -1.59. The van der Waals surface area contributed by atoms with E-state index in [4.69, 9.17) is 9.47 Å². The quantitative estimate of drug-likeness (QED) is 0.250. The van der Waals surface area contributed by atoms with Crippen LogP contribution in [0, 0.1) is 45.3 Å². The van der Waals surface area contributed by atoms with Crippen molar-refractivity contribution in [2.75, 3.05) is 7.11 Å². The molecule has 208 valence electrons. The number of rotatable bonds is 4. The van der Waals surface area contributed by atoms with Gasteiger partial charge in [-0.15, -0.1) is 0 Å². The van der Waals surface area contributed by atoms with E-state index in [1.54, 1.807) is 0 Å². The molecule has 6 heteroatoms. The van der Waals surface area contributed by atoms with Gasteiger partial charge in [-0.05, 0) is 98.7 Å². The van der Waals surface area contributed by atoms with Crippen molar-refractivity contribution in [2.45, 2.75) is 124 Å². The highest BCUT2D eigenvalue weighted by Gasteiger charge is 2.70. The lowest BCUT2D eigenvalue weighted by molar-refractivity contribution is -0.230. The first-order valence-corrected chi connectivity index (χ1v) is 14.7. The van der Waals surface area contributed by atoms with Crippen molar-refractivity contribution in [3.8, 4) is 0 Å². The Morgan fingerprint density at radius 2 is 1.51 bits per heavy atom. The summed E-state index contributed by atoms with van der Waals surface area (Å²) in [5.41, 5.74) is 0.247. The van der Waals surface area contributed by atoms with Crippen LogP contribution in [0.25, 0.3) is 0 Å². The van der Waals surface area contributed by atoms with Crippen LogP contribution in [0.1, 0.15) is 112 Å². The molecule has 6 nitrogen and oxygen atoms in total. The Bertz CT molecular complexity index is 973. The monoisotopic (exact) mass is 516 g/mol. The number of methoxy groups -OCH3 is 1. The van der Waals surface area contributed by atoms with Crippen LogP contribution in [0.2, 0.25) is 0 Å². The summed E-state index contributed by atoms with van der Waals surface area (Å²) in [7, 11) is 1.30. The minimum atomic E-state index is -0.544. The van der Waals surface area contributed by atoms with Crippen LogP contribution in [0.3, 0.4) is 0 Å². The fraction of sp³-hybridized carbons (Fsp3) is 0.903. The lowest BCUT2D eigenvalue weighted by atomic mass is 9.35. The molecule has 5 aliphatic rings. The first-order chi connectivity index (χ1) is 17.2. The van der Waals surface area contributed by atoms with Crippen LogP contribution >= 0.6 is 0 Å². The zero-order chi connectivity index (χ0) is 27.0. The zero-order valence-corrected chi connectivity index (χ0v) is 24.1. The van der Waals surface area contributed by atoms with Gasteiger partial charge in [0.15, 0.2) is 0 Å². The summed E-state index contributed by atoms with van der Waals surface area (Å²) < 4.78 is 16.6. The molecule has 37 heavy (non-hydrogen) atoms. The van der Waals surface area contributed by atoms with Gasteiger partial charge in [-0.3, -0.25) is 14.4 Å². The van der Waals surface area contributed by atoms with Crippen molar-refractivity contribution in [3.05, 3.63) is 0 Å². The average molecular weight is 517 g/mol. The van der Waals surface area contributed by atoms with E-state index in [0.717, 1.165) is 32.1 Å². The minimum Gasteiger partial charge on any atom is -0.469 e. The number of hydrogen-bond donors (Lipinski definition) is 0. The lowest BCUT2D eigenvalue weighted by Gasteiger charge is -2.70. The van der Waals surface area contributed by atoms with Crippen molar-refractivity contribution < 1.29 is 28.6 Å². The normalized spacial score (nSPS) is 48.3. The third-order valence-corrected chi connectivity index (χ3v) is 13.1. The molecule has 0 N–H and O–H groups in total. The number of carbonyl (C=O) groups excluding carboxylic acids is 3. The lowest BCUT2D eigenvalue weighted by Crippen LogP contribution is -2.64. The molecule has 9 atom stereocenters. The number of fused-ring (bicyclic) bond motifs is 5. The summed E-state index contributed by atoms with van der Waals surface area (Å²) >= 11 is 0. The largest absolute Gasteiger partial charge is 0.469 e.